The number of carbonyl (C=O) groups excluding carboxylic acids is 3. The van der Waals surface area contributed by atoms with E-state index in [1.165, 1.54) is 11.3 Å². The molecule has 1 atom stereocenters. The van der Waals surface area contributed by atoms with E-state index in [9.17, 15) is 14.4 Å². The van der Waals surface area contributed by atoms with Crippen LogP contribution in [0.15, 0.2) is 65.7 Å². The van der Waals surface area contributed by atoms with Gasteiger partial charge in [0.15, 0.2) is 11.6 Å². The number of thiophene rings is 1. The van der Waals surface area contributed by atoms with Crippen LogP contribution in [-0.2, 0) is 4.74 Å². The Hall–Kier alpha value is -3.58. The van der Waals surface area contributed by atoms with Gasteiger partial charge in [0.25, 0.3) is 0 Å². The first-order valence-electron chi connectivity index (χ1n) is 12.3. The van der Waals surface area contributed by atoms with Gasteiger partial charge in [-0.25, -0.2) is 9.79 Å². The summed E-state index contributed by atoms with van der Waals surface area (Å²) < 4.78 is 5.28. The second-order valence-electron chi connectivity index (χ2n) is 8.69. The number of aliphatic imine (C=N–C) groups is 1. The van der Waals surface area contributed by atoms with E-state index in [-0.39, 0.29) is 43.0 Å². The fourth-order valence-corrected chi connectivity index (χ4v) is 5.71. The van der Waals surface area contributed by atoms with E-state index in [4.69, 9.17) is 9.73 Å². The molecule has 3 aromatic rings. The molecule has 0 amide bonds. The minimum atomic E-state index is -0.387. The minimum absolute atomic E-state index is 0.00609. The second kappa shape index (κ2) is 11.4. The van der Waals surface area contributed by atoms with Crippen molar-refractivity contribution in [3.63, 3.8) is 0 Å². The van der Waals surface area contributed by atoms with E-state index in [1.807, 2.05) is 55.5 Å². The predicted molar refractivity (Wildman–Crippen MR) is 143 cm³/mol. The lowest BCUT2D eigenvalue weighted by Crippen LogP contribution is -2.39. The molecule has 0 saturated carbocycles. The molecule has 36 heavy (non-hydrogen) atoms. The molecule has 0 N–H and O–H groups in total. The number of rotatable bonds is 10. The Balaban J connectivity index is 1.78. The highest BCUT2D eigenvalue weighted by Crippen LogP contribution is 2.46. The van der Waals surface area contributed by atoms with Gasteiger partial charge in [-0.15, -0.1) is 11.3 Å². The number of benzene rings is 2. The van der Waals surface area contributed by atoms with E-state index in [2.05, 4.69) is 11.8 Å². The molecule has 0 fully saturated rings. The summed E-state index contributed by atoms with van der Waals surface area (Å²) in [5.74, 6) is 0.208. The third kappa shape index (κ3) is 5.31. The molecule has 1 aromatic heterocycles. The van der Waals surface area contributed by atoms with E-state index in [0.717, 1.165) is 17.5 Å². The van der Waals surface area contributed by atoms with Crippen LogP contribution in [0.1, 0.15) is 80.7 Å². The highest BCUT2D eigenvalue weighted by Gasteiger charge is 2.37. The quantitative estimate of drug-likeness (QED) is 0.231. The van der Waals surface area contributed by atoms with Gasteiger partial charge in [-0.2, -0.15) is 0 Å². The smallest absolute Gasteiger partial charge is 0.348 e. The van der Waals surface area contributed by atoms with Crippen LogP contribution in [0.3, 0.4) is 0 Å². The van der Waals surface area contributed by atoms with Crippen molar-refractivity contribution in [2.75, 3.05) is 13.2 Å². The van der Waals surface area contributed by atoms with E-state index in [0.29, 0.717) is 33.4 Å². The maximum absolute atomic E-state index is 13.4. The zero-order valence-electron chi connectivity index (χ0n) is 20.8. The van der Waals surface area contributed by atoms with Crippen molar-refractivity contribution in [1.29, 1.82) is 0 Å². The molecule has 0 spiro atoms. The lowest BCUT2D eigenvalue weighted by Gasteiger charge is -2.37. The number of hydrogen-bond donors (Lipinski definition) is 0. The molecule has 186 valence electrons. The molecule has 2 aromatic carbocycles. The van der Waals surface area contributed by atoms with Crippen molar-refractivity contribution < 1.29 is 19.1 Å². The maximum atomic E-state index is 13.4. The number of amidine groups is 1. The molecule has 1 aliphatic rings. The first-order chi connectivity index (χ1) is 17.4. The summed E-state index contributed by atoms with van der Waals surface area (Å²) in [6, 6.07) is 18.0. The van der Waals surface area contributed by atoms with Crippen molar-refractivity contribution in [3.8, 4) is 0 Å². The topological polar surface area (TPSA) is 76.0 Å². The van der Waals surface area contributed by atoms with Crippen LogP contribution < -0.4 is 0 Å². The summed E-state index contributed by atoms with van der Waals surface area (Å²) in [5, 5.41) is 0.671. The summed E-state index contributed by atoms with van der Waals surface area (Å²) in [7, 11) is 0. The number of hydrogen-bond acceptors (Lipinski definition) is 7. The Bertz CT molecular complexity index is 1280. The van der Waals surface area contributed by atoms with Crippen molar-refractivity contribution in [3.05, 3.63) is 87.8 Å². The number of esters is 1. The highest BCUT2D eigenvalue weighted by molar-refractivity contribution is 7.18. The van der Waals surface area contributed by atoms with Crippen LogP contribution in [0.2, 0.25) is 0 Å². The SMILES string of the molecule is CCCN1C(CC(=O)c2ccccc2)=Nc2sc(C(=O)OCC)c(C)c2C1CC(=O)c1ccccc1. The third-order valence-electron chi connectivity index (χ3n) is 6.26. The van der Waals surface area contributed by atoms with Gasteiger partial charge in [-0.05, 0) is 25.8 Å². The number of ether oxygens (including phenoxy) is 1. The predicted octanol–water partition coefficient (Wildman–Crippen LogP) is 6.58. The molecule has 0 aliphatic carbocycles. The summed E-state index contributed by atoms with van der Waals surface area (Å²) in [5.41, 5.74) is 2.92. The molecular formula is C29H30N2O4S. The first-order valence-corrected chi connectivity index (χ1v) is 13.1. The molecule has 0 radical (unpaired) electrons. The zero-order valence-corrected chi connectivity index (χ0v) is 21.6. The van der Waals surface area contributed by atoms with Crippen molar-refractivity contribution in [2.45, 2.75) is 46.1 Å². The summed E-state index contributed by atoms with van der Waals surface area (Å²) in [4.78, 5) is 46.7. The lowest BCUT2D eigenvalue weighted by molar-refractivity contribution is 0.0531. The Labute approximate surface area is 215 Å². The lowest BCUT2D eigenvalue weighted by atomic mass is 9.92. The van der Waals surface area contributed by atoms with Crippen molar-refractivity contribution in [1.82, 2.24) is 4.90 Å². The maximum Gasteiger partial charge on any atom is 0.348 e. The van der Waals surface area contributed by atoms with E-state index >= 15 is 0 Å². The molecule has 4 rings (SSSR count). The van der Waals surface area contributed by atoms with Gasteiger partial charge >= 0.3 is 5.97 Å². The standard InChI is InChI=1S/C29H30N2O4S/c1-4-16-31-22(17-23(32)20-12-8-6-9-13-20)26-19(3)27(29(34)35-5-2)36-28(26)30-25(31)18-24(33)21-14-10-7-11-15-21/h6-15,22H,4-5,16-18H2,1-3H3. The van der Waals surface area contributed by atoms with Crippen LogP contribution in [-0.4, -0.2) is 41.4 Å². The van der Waals surface area contributed by atoms with Crippen molar-refractivity contribution in [2.24, 2.45) is 4.99 Å². The fraction of sp³-hybridized carbons (Fsp3) is 0.310. The second-order valence-corrected chi connectivity index (χ2v) is 9.69. The van der Waals surface area contributed by atoms with Crippen LogP contribution >= 0.6 is 11.3 Å². The first kappa shape index (κ1) is 25.5. The van der Waals surface area contributed by atoms with Gasteiger partial charge in [-0.1, -0.05) is 67.6 Å². The number of carbonyl (C=O) groups is 3. The van der Waals surface area contributed by atoms with E-state index < -0.39 is 0 Å². The fourth-order valence-electron chi connectivity index (χ4n) is 4.56. The average molecular weight is 503 g/mol. The highest BCUT2D eigenvalue weighted by atomic mass is 32.1. The van der Waals surface area contributed by atoms with E-state index in [1.54, 1.807) is 19.1 Å². The monoisotopic (exact) mass is 502 g/mol. The van der Waals surface area contributed by atoms with Crippen LogP contribution in [0.4, 0.5) is 5.00 Å². The molecule has 6 nitrogen and oxygen atoms in total. The zero-order chi connectivity index (χ0) is 25.7. The van der Waals surface area contributed by atoms with Gasteiger partial charge in [0.1, 0.15) is 15.7 Å². The molecular weight excluding hydrogens is 472 g/mol. The Kier molecular flexibility index (Phi) is 8.10. The molecule has 7 heteroatoms. The normalized spacial score (nSPS) is 14.7. The number of Topliss-reactive ketones (excluding diaryl/α,β-unsaturated/α-hetero) is 2. The number of nitrogens with zero attached hydrogens (tertiary/aromatic N) is 2. The van der Waals surface area contributed by atoms with Crippen LogP contribution in [0.5, 0.6) is 0 Å². The molecule has 0 bridgehead atoms. The molecule has 2 heterocycles. The van der Waals surface area contributed by atoms with Crippen LogP contribution in [0, 0.1) is 6.92 Å². The average Bonchev–Trinajstić information content (AvgIpc) is 3.23. The number of ketones is 2. The van der Waals surface area contributed by atoms with Crippen molar-refractivity contribution >= 4 is 39.7 Å². The Morgan fingerprint density at radius 1 is 0.944 bits per heavy atom. The summed E-state index contributed by atoms with van der Waals surface area (Å²) >= 11 is 1.27. The van der Waals surface area contributed by atoms with Gasteiger partial charge < -0.3 is 9.64 Å². The molecule has 1 unspecified atom stereocenters. The third-order valence-corrected chi connectivity index (χ3v) is 7.44. The molecule has 0 saturated heterocycles. The minimum Gasteiger partial charge on any atom is -0.462 e. The summed E-state index contributed by atoms with van der Waals surface area (Å²) in [6.45, 7) is 6.64. The molecule has 1 aliphatic heterocycles. The Morgan fingerprint density at radius 3 is 2.14 bits per heavy atom. The van der Waals surface area contributed by atoms with Gasteiger partial charge in [0, 0.05) is 29.7 Å². The Morgan fingerprint density at radius 2 is 1.56 bits per heavy atom. The number of fused-ring (bicyclic) bond motifs is 1. The van der Waals surface area contributed by atoms with Crippen LogP contribution in [0.25, 0.3) is 0 Å². The van der Waals surface area contributed by atoms with Gasteiger partial charge in [0.2, 0.25) is 0 Å². The largest absolute Gasteiger partial charge is 0.462 e. The van der Waals surface area contributed by atoms with Gasteiger partial charge in [0.05, 0.1) is 19.1 Å². The van der Waals surface area contributed by atoms with Gasteiger partial charge in [-0.3, -0.25) is 9.59 Å². The summed E-state index contributed by atoms with van der Waals surface area (Å²) in [6.07, 6.45) is 1.15.